The minimum absolute atomic E-state index is 0.196. The fraction of sp³-hybridized carbons (Fsp3) is 0.857. The predicted octanol–water partition coefficient (Wildman–Crippen LogP) is -0.319. The Morgan fingerprint density at radius 1 is 1.73 bits per heavy atom. The molecule has 0 saturated heterocycles. The Kier molecular flexibility index (Phi) is 3.48. The van der Waals surface area contributed by atoms with Gasteiger partial charge < -0.3 is 14.9 Å². The van der Waals surface area contributed by atoms with Crippen molar-refractivity contribution in [2.75, 3.05) is 6.61 Å². The molecule has 0 saturated carbocycles. The van der Waals surface area contributed by atoms with Crippen molar-refractivity contribution in [3.8, 4) is 0 Å². The molecule has 2 atom stereocenters. The second kappa shape index (κ2) is 3.69. The average Bonchev–Trinajstić information content (AvgIpc) is 1.88. The highest BCUT2D eigenvalue weighted by Crippen LogP contribution is 2.11. The molecule has 0 amide bonds. The van der Waals surface area contributed by atoms with Crippen molar-refractivity contribution in [3.05, 3.63) is 0 Å². The van der Waals surface area contributed by atoms with Crippen LogP contribution >= 0.6 is 0 Å². The van der Waals surface area contributed by atoms with Crippen LogP contribution in [0.1, 0.15) is 20.8 Å². The first-order valence-electron chi connectivity index (χ1n) is 3.50. The maximum Gasteiger partial charge on any atom is 0.340 e. The zero-order valence-electron chi connectivity index (χ0n) is 7.00. The highest BCUT2D eigenvalue weighted by molar-refractivity contribution is 5.79. The van der Waals surface area contributed by atoms with Crippen LogP contribution in [0, 0.1) is 0 Å². The fourth-order valence-electron chi connectivity index (χ4n) is 0.448. The van der Waals surface area contributed by atoms with E-state index in [1.807, 2.05) is 0 Å². The van der Waals surface area contributed by atoms with Crippen molar-refractivity contribution < 1.29 is 19.7 Å². The zero-order chi connectivity index (χ0) is 9.07. The predicted molar refractivity (Wildman–Crippen MR) is 38.9 cm³/mol. The quantitative estimate of drug-likeness (QED) is 0.558. The van der Waals surface area contributed by atoms with Gasteiger partial charge in [-0.25, -0.2) is 4.79 Å². The Morgan fingerprint density at radius 3 is 2.45 bits per heavy atom. The highest BCUT2D eigenvalue weighted by Gasteiger charge is 2.36. The third-order valence-electron chi connectivity index (χ3n) is 1.50. The van der Waals surface area contributed by atoms with Gasteiger partial charge in [0.2, 0.25) is 0 Å². The molecule has 4 nitrogen and oxygen atoms in total. The third-order valence-corrected chi connectivity index (χ3v) is 1.50. The number of esters is 1. The lowest BCUT2D eigenvalue weighted by molar-refractivity contribution is -0.173. The summed E-state index contributed by atoms with van der Waals surface area (Å²) in [5, 5.41) is 18.2. The van der Waals surface area contributed by atoms with Gasteiger partial charge in [-0.2, -0.15) is 0 Å². The monoisotopic (exact) mass is 162 g/mol. The number of rotatable bonds is 3. The standard InChI is InChI=1S/C7H14O4/c1-4-11-6(9)7(3,10)5(2)8/h5,8,10H,4H2,1-3H3. The molecule has 0 fully saturated rings. The minimum atomic E-state index is -1.80. The molecular formula is C7H14O4. The third kappa shape index (κ3) is 2.48. The molecule has 0 spiro atoms. The maximum atomic E-state index is 10.9. The Balaban J connectivity index is 4.18. The van der Waals surface area contributed by atoms with Gasteiger partial charge in [0, 0.05) is 0 Å². The SMILES string of the molecule is CCOC(=O)C(C)(O)C(C)O. The molecule has 0 aromatic carbocycles. The summed E-state index contributed by atoms with van der Waals surface area (Å²) in [6.07, 6.45) is -1.12. The first kappa shape index (κ1) is 10.4. The van der Waals surface area contributed by atoms with Gasteiger partial charge in [0.25, 0.3) is 0 Å². The first-order valence-corrected chi connectivity index (χ1v) is 3.50. The Bertz CT molecular complexity index is 139. The molecule has 0 aliphatic heterocycles. The molecule has 11 heavy (non-hydrogen) atoms. The molecular weight excluding hydrogens is 148 g/mol. The second-order valence-electron chi connectivity index (χ2n) is 2.54. The van der Waals surface area contributed by atoms with E-state index in [0.29, 0.717) is 0 Å². The summed E-state index contributed by atoms with van der Waals surface area (Å²) in [5.41, 5.74) is -1.80. The van der Waals surface area contributed by atoms with E-state index in [-0.39, 0.29) is 6.61 Å². The van der Waals surface area contributed by atoms with Crippen LogP contribution in [-0.2, 0) is 9.53 Å². The van der Waals surface area contributed by atoms with Gasteiger partial charge >= 0.3 is 5.97 Å². The number of ether oxygens (including phenoxy) is 1. The normalized spacial score (nSPS) is 18.6. The molecule has 0 heterocycles. The molecule has 66 valence electrons. The molecule has 0 aliphatic rings. The topological polar surface area (TPSA) is 66.8 Å². The number of hydrogen-bond donors (Lipinski definition) is 2. The van der Waals surface area contributed by atoms with Crippen LogP contribution in [0.3, 0.4) is 0 Å². The van der Waals surface area contributed by atoms with Crippen molar-refractivity contribution in [1.82, 2.24) is 0 Å². The van der Waals surface area contributed by atoms with Gasteiger partial charge in [0.1, 0.15) is 0 Å². The van der Waals surface area contributed by atoms with E-state index >= 15 is 0 Å². The first-order chi connectivity index (χ1) is 4.92. The highest BCUT2D eigenvalue weighted by atomic mass is 16.6. The van der Waals surface area contributed by atoms with Crippen molar-refractivity contribution in [2.45, 2.75) is 32.5 Å². The van der Waals surface area contributed by atoms with E-state index in [4.69, 9.17) is 5.11 Å². The fourth-order valence-corrected chi connectivity index (χ4v) is 0.448. The maximum absolute atomic E-state index is 10.9. The molecule has 0 aromatic rings. The summed E-state index contributed by atoms with van der Waals surface area (Å²) in [5.74, 6) is -0.796. The van der Waals surface area contributed by atoms with E-state index in [2.05, 4.69) is 4.74 Å². The van der Waals surface area contributed by atoms with E-state index in [1.165, 1.54) is 13.8 Å². The molecule has 0 radical (unpaired) electrons. The van der Waals surface area contributed by atoms with Gasteiger partial charge in [-0.05, 0) is 20.8 Å². The van der Waals surface area contributed by atoms with Crippen molar-refractivity contribution in [2.24, 2.45) is 0 Å². The lowest BCUT2D eigenvalue weighted by atomic mass is 10.0. The summed E-state index contributed by atoms with van der Waals surface area (Å²) in [4.78, 5) is 10.9. The van der Waals surface area contributed by atoms with Crippen LogP contribution in [0.2, 0.25) is 0 Å². The summed E-state index contributed by atoms with van der Waals surface area (Å²) in [6.45, 7) is 4.38. The van der Waals surface area contributed by atoms with Gasteiger partial charge in [0.15, 0.2) is 5.60 Å². The number of aliphatic hydroxyl groups excluding tert-OH is 1. The summed E-state index contributed by atoms with van der Waals surface area (Å²) in [7, 11) is 0. The van der Waals surface area contributed by atoms with Crippen LogP contribution in [0.15, 0.2) is 0 Å². The lowest BCUT2D eigenvalue weighted by Gasteiger charge is -2.23. The molecule has 0 bridgehead atoms. The second-order valence-corrected chi connectivity index (χ2v) is 2.54. The molecule has 2 N–H and O–H groups in total. The average molecular weight is 162 g/mol. The number of hydrogen-bond acceptors (Lipinski definition) is 4. The molecule has 2 unspecified atom stereocenters. The summed E-state index contributed by atoms with van der Waals surface area (Å²) < 4.78 is 4.52. The molecule has 0 rings (SSSR count). The number of aliphatic hydroxyl groups is 2. The van der Waals surface area contributed by atoms with Crippen LogP contribution in [-0.4, -0.2) is 34.5 Å². The van der Waals surface area contributed by atoms with Gasteiger partial charge in [-0.15, -0.1) is 0 Å². The van der Waals surface area contributed by atoms with E-state index in [1.54, 1.807) is 6.92 Å². The van der Waals surface area contributed by atoms with Crippen molar-refractivity contribution >= 4 is 5.97 Å². The summed E-state index contributed by atoms with van der Waals surface area (Å²) in [6, 6.07) is 0. The van der Waals surface area contributed by atoms with Crippen LogP contribution in [0.4, 0.5) is 0 Å². The van der Waals surface area contributed by atoms with Crippen molar-refractivity contribution in [1.29, 1.82) is 0 Å². The van der Waals surface area contributed by atoms with Gasteiger partial charge in [0.05, 0.1) is 12.7 Å². The molecule has 4 heteroatoms. The number of carbonyl (C=O) groups excluding carboxylic acids is 1. The van der Waals surface area contributed by atoms with E-state index in [0.717, 1.165) is 0 Å². The molecule has 0 aromatic heterocycles. The van der Waals surface area contributed by atoms with Crippen LogP contribution < -0.4 is 0 Å². The van der Waals surface area contributed by atoms with Crippen LogP contribution in [0.5, 0.6) is 0 Å². The minimum Gasteiger partial charge on any atom is -0.464 e. The van der Waals surface area contributed by atoms with Gasteiger partial charge in [-0.1, -0.05) is 0 Å². The smallest absolute Gasteiger partial charge is 0.340 e. The Labute approximate surface area is 65.8 Å². The van der Waals surface area contributed by atoms with Crippen molar-refractivity contribution in [3.63, 3.8) is 0 Å². The lowest BCUT2D eigenvalue weighted by Crippen LogP contribution is -2.46. The largest absolute Gasteiger partial charge is 0.464 e. The van der Waals surface area contributed by atoms with E-state index < -0.39 is 17.7 Å². The molecule has 0 aliphatic carbocycles. The van der Waals surface area contributed by atoms with E-state index in [9.17, 15) is 9.90 Å². The number of carbonyl (C=O) groups is 1. The zero-order valence-corrected chi connectivity index (χ0v) is 7.00. The van der Waals surface area contributed by atoms with Crippen LogP contribution in [0.25, 0.3) is 0 Å². The van der Waals surface area contributed by atoms with Gasteiger partial charge in [-0.3, -0.25) is 0 Å². The Morgan fingerprint density at radius 2 is 2.18 bits per heavy atom. The summed E-state index contributed by atoms with van der Waals surface area (Å²) >= 11 is 0. The Hall–Kier alpha value is -0.610.